The van der Waals surface area contributed by atoms with Crippen LogP contribution in [0.25, 0.3) is 0 Å². The standard InChI is InChI=1S/C13H24F2O2S/c1-4-12(16)17-10-13(2,3)18-9-7-5-6-8-11(14)15/h11H,4-10H2,1-3H3. The van der Waals surface area contributed by atoms with Gasteiger partial charge in [0.2, 0.25) is 6.43 Å². The summed E-state index contributed by atoms with van der Waals surface area (Å²) in [5, 5.41) is 0. The zero-order valence-electron chi connectivity index (χ0n) is 11.5. The lowest BCUT2D eigenvalue weighted by Crippen LogP contribution is -2.25. The van der Waals surface area contributed by atoms with Gasteiger partial charge in [0.05, 0.1) is 0 Å². The van der Waals surface area contributed by atoms with E-state index in [1.807, 2.05) is 13.8 Å². The number of hydrogen-bond acceptors (Lipinski definition) is 3. The average molecular weight is 282 g/mol. The molecule has 0 aliphatic carbocycles. The van der Waals surface area contributed by atoms with Crippen LogP contribution in [0.3, 0.4) is 0 Å². The molecule has 0 aliphatic rings. The molecule has 0 fully saturated rings. The number of unbranched alkanes of at least 4 members (excludes halogenated alkanes) is 2. The number of alkyl halides is 2. The topological polar surface area (TPSA) is 26.3 Å². The first-order valence-corrected chi connectivity index (χ1v) is 7.43. The second kappa shape index (κ2) is 9.59. The molecule has 0 aromatic rings. The zero-order chi connectivity index (χ0) is 14.0. The van der Waals surface area contributed by atoms with Crippen molar-refractivity contribution in [2.75, 3.05) is 12.4 Å². The summed E-state index contributed by atoms with van der Waals surface area (Å²) >= 11 is 1.73. The zero-order valence-corrected chi connectivity index (χ0v) is 12.3. The van der Waals surface area contributed by atoms with Crippen molar-refractivity contribution < 1.29 is 18.3 Å². The van der Waals surface area contributed by atoms with E-state index in [4.69, 9.17) is 4.74 Å². The van der Waals surface area contributed by atoms with E-state index in [0.29, 0.717) is 19.4 Å². The van der Waals surface area contributed by atoms with Crippen LogP contribution >= 0.6 is 11.8 Å². The van der Waals surface area contributed by atoms with Gasteiger partial charge in [0.25, 0.3) is 0 Å². The molecule has 18 heavy (non-hydrogen) atoms. The molecule has 5 heteroatoms. The maximum atomic E-state index is 11.9. The van der Waals surface area contributed by atoms with Crippen molar-refractivity contribution in [3.05, 3.63) is 0 Å². The number of halogens is 2. The number of carbonyl (C=O) groups is 1. The predicted octanol–water partition coefficient (Wildman–Crippen LogP) is 4.28. The molecule has 0 amide bonds. The van der Waals surface area contributed by atoms with Gasteiger partial charge in [-0.3, -0.25) is 4.79 Å². The third-order valence-corrected chi connectivity index (χ3v) is 3.82. The minimum atomic E-state index is -2.18. The fourth-order valence-electron chi connectivity index (χ4n) is 1.32. The molecule has 2 nitrogen and oxygen atoms in total. The number of thioether (sulfide) groups is 1. The van der Waals surface area contributed by atoms with Crippen LogP contribution in [0, 0.1) is 0 Å². The van der Waals surface area contributed by atoms with Crippen molar-refractivity contribution in [1.29, 1.82) is 0 Å². The van der Waals surface area contributed by atoms with E-state index in [1.54, 1.807) is 18.7 Å². The van der Waals surface area contributed by atoms with Gasteiger partial charge in [-0.05, 0) is 32.4 Å². The number of esters is 1. The Morgan fingerprint density at radius 3 is 2.50 bits per heavy atom. The Morgan fingerprint density at radius 2 is 1.94 bits per heavy atom. The number of rotatable bonds is 10. The summed E-state index contributed by atoms with van der Waals surface area (Å²) in [6, 6.07) is 0. The average Bonchev–Trinajstić information content (AvgIpc) is 2.30. The molecule has 0 aliphatic heterocycles. The maximum absolute atomic E-state index is 11.9. The van der Waals surface area contributed by atoms with Gasteiger partial charge in [0.15, 0.2) is 0 Å². The Kier molecular flexibility index (Phi) is 9.42. The third kappa shape index (κ3) is 10.8. The van der Waals surface area contributed by atoms with Gasteiger partial charge < -0.3 is 4.74 Å². The highest BCUT2D eigenvalue weighted by Crippen LogP contribution is 2.26. The molecule has 108 valence electrons. The van der Waals surface area contributed by atoms with Crippen LogP contribution in [0.5, 0.6) is 0 Å². The van der Waals surface area contributed by atoms with Gasteiger partial charge in [0, 0.05) is 17.6 Å². The Labute approximate surface area is 113 Å². The largest absolute Gasteiger partial charge is 0.464 e. The van der Waals surface area contributed by atoms with Crippen molar-refractivity contribution in [3.8, 4) is 0 Å². The fourth-order valence-corrected chi connectivity index (χ4v) is 2.37. The van der Waals surface area contributed by atoms with Gasteiger partial charge in [0.1, 0.15) is 6.61 Å². The molecule has 0 saturated heterocycles. The summed E-state index contributed by atoms with van der Waals surface area (Å²) in [4.78, 5) is 11.0. The minimum Gasteiger partial charge on any atom is -0.464 e. The van der Waals surface area contributed by atoms with E-state index in [-0.39, 0.29) is 17.1 Å². The van der Waals surface area contributed by atoms with Gasteiger partial charge >= 0.3 is 5.97 Å². The van der Waals surface area contributed by atoms with Crippen molar-refractivity contribution in [3.63, 3.8) is 0 Å². The summed E-state index contributed by atoms with van der Waals surface area (Å²) in [7, 11) is 0. The van der Waals surface area contributed by atoms with Crippen LogP contribution in [-0.4, -0.2) is 29.5 Å². The first-order chi connectivity index (χ1) is 8.37. The second-order valence-corrected chi connectivity index (χ2v) is 6.66. The van der Waals surface area contributed by atoms with E-state index in [0.717, 1.165) is 18.6 Å². The van der Waals surface area contributed by atoms with Crippen molar-refractivity contribution >= 4 is 17.7 Å². The molecule has 0 rings (SSSR count). The molecule has 0 saturated carbocycles. The SMILES string of the molecule is CCC(=O)OCC(C)(C)SCCCCCC(F)F. The summed E-state index contributed by atoms with van der Waals surface area (Å²) in [5.74, 6) is 0.737. The molecule has 0 N–H and O–H groups in total. The molecule has 0 radical (unpaired) electrons. The predicted molar refractivity (Wildman–Crippen MR) is 72.3 cm³/mol. The molecule has 0 spiro atoms. The molecule has 0 aromatic carbocycles. The monoisotopic (exact) mass is 282 g/mol. The van der Waals surface area contributed by atoms with Crippen molar-refractivity contribution in [1.82, 2.24) is 0 Å². The van der Waals surface area contributed by atoms with E-state index >= 15 is 0 Å². The van der Waals surface area contributed by atoms with Crippen LogP contribution in [-0.2, 0) is 9.53 Å². The smallest absolute Gasteiger partial charge is 0.305 e. The minimum absolute atomic E-state index is 0.00216. The lowest BCUT2D eigenvalue weighted by Gasteiger charge is -2.23. The Balaban J connectivity index is 3.54. The highest BCUT2D eigenvalue weighted by atomic mass is 32.2. The second-order valence-electron chi connectivity index (χ2n) is 4.86. The highest BCUT2D eigenvalue weighted by Gasteiger charge is 2.20. The molecular weight excluding hydrogens is 258 g/mol. The Bertz CT molecular complexity index is 233. The lowest BCUT2D eigenvalue weighted by molar-refractivity contribution is -0.143. The van der Waals surface area contributed by atoms with Crippen LogP contribution in [0.2, 0.25) is 0 Å². The van der Waals surface area contributed by atoms with Crippen LogP contribution in [0.15, 0.2) is 0 Å². The van der Waals surface area contributed by atoms with E-state index < -0.39 is 6.43 Å². The van der Waals surface area contributed by atoms with Crippen molar-refractivity contribution in [2.24, 2.45) is 0 Å². The third-order valence-electron chi connectivity index (χ3n) is 2.43. The normalized spacial score (nSPS) is 11.9. The number of ether oxygens (including phenoxy) is 1. The number of hydrogen-bond donors (Lipinski definition) is 0. The van der Waals surface area contributed by atoms with Crippen LogP contribution in [0.4, 0.5) is 8.78 Å². The van der Waals surface area contributed by atoms with Crippen LogP contribution in [0.1, 0.15) is 52.9 Å². The van der Waals surface area contributed by atoms with E-state index in [1.165, 1.54) is 0 Å². The lowest BCUT2D eigenvalue weighted by atomic mass is 10.2. The molecule has 0 bridgehead atoms. The van der Waals surface area contributed by atoms with Gasteiger partial charge in [-0.1, -0.05) is 13.3 Å². The summed E-state index contributed by atoms with van der Waals surface area (Å²) < 4.78 is 28.8. The molecular formula is C13H24F2O2S. The maximum Gasteiger partial charge on any atom is 0.305 e. The van der Waals surface area contributed by atoms with E-state index in [2.05, 4.69) is 0 Å². The Morgan fingerprint density at radius 1 is 1.28 bits per heavy atom. The van der Waals surface area contributed by atoms with Crippen LogP contribution < -0.4 is 0 Å². The van der Waals surface area contributed by atoms with Gasteiger partial charge in [-0.15, -0.1) is 0 Å². The molecule has 0 atom stereocenters. The molecule has 0 aromatic heterocycles. The molecule has 0 heterocycles. The first kappa shape index (κ1) is 17.7. The fraction of sp³-hybridized carbons (Fsp3) is 0.923. The highest BCUT2D eigenvalue weighted by molar-refractivity contribution is 8.00. The van der Waals surface area contributed by atoms with Crippen molar-refractivity contribution in [2.45, 2.75) is 64.0 Å². The summed E-state index contributed by atoms with van der Waals surface area (Å²) in [5.41, 5.74) is 0. The van der Waals surface area contributed by atoms with Gasteiger partial charge in [-0.2, -0.15) is 11.8 Å². The Hall–Kier alpha value is -0.320. The summed E-state index contributed by atoms with van der Waals surface area (Å²) in [6.07, 6.45) is 0.577. The van der Waals surface area contributed by atoms with Gasteiger partial charge in [-0.25, -0.2) is 8.78 Å². The quantitative estimate of drug-likeness (QED) is 0.442. The molecule has 0 unspecified atom stereocenters. The van der Waals surface area contributed by atoms with E-state index in [9.17, 15) is 13.6 Å². The number of carbonyl (C=O) groups excluding carboxylic acids is 1. The first-order valence-electron chi connectivity index (χ1n) is 6.45. The summed E-state index contributed by atoms with van der Waals surface area (Å²) in [6.45, 7) is 6.23.